The van der Waals surface area contributed by atoms with Crippen LogP contribution in [0.25, 0.3) is 0 Å². The monoisotopic (exact) mass is 350 g/mol. The Morgan fingerprint density at radius 3 is 2.29 bits per heavy atom. The van der Waals surface area contributed by atoms with Gasteiger partial charge >= 0.3 is 0 Å². The van der Waals surface area contributed by atoms with Gasteiger partial charge in [0.1, 0.15) is 0 Å². The van der Waals surface area contributed by atoms with Gasteiger partial charge in [0.05, 0.1) is 0 Å². The molecule has 4 heteroatoms. The number of nitrogens with zero attached hydrogens (tertiary/aromatic N) is 1. The molecule has 1 saturated carbocycles. The number of hydrogen-bond donors (Lipinski definition) is 1. The van der Waals surface area contributed by atoms with Crippen molar-refractivity contribution in [2.45, 2.75) is 57.9 Å². The highest BCUT2D eigenvalue weighted by atomic mass is 35.5. The third-order valence-electron chi connectivity index (χ3n) is 5.97. The zero-order valence-electron chi connectivity index (χ0n) is 14.9. The van der Waals surface area contributed by atoms with Crippen molar-refractivity contribution >= 4 is 18.3 Å². The van der Waals surface area contributed by atoms with Crippen LogP contribution >= 0.6 is 12.4 Å². The summed E-state index contributed by atoms with van der Waals surface area (Å²) in [5.74, 6) is 1.23. The average molecular weight is 351 g/mol. The molecule has 1 aliphatic heterocycles. The number of amides is 1. The Morgan fingerprint density at radius 2 is 1.71 bits per heavy atom. The first-order valence-corrected chi connectivity index (χ1v) is 9.07. The summed E-state index contributed by atoms with van der Waals surface area (Å²) in [6, 6.07) is 11.0. The van der Waals surface area contributed by atoms with Gasteiger partial charge in [-0.15, -0.1) is 12.4 Å². The Kier molecular flexibility index (Phi) is 6.33. The van der Waals surface area contributed by atoms with Crippen LogP contribution in [0.15, 0.2) is 30.3 Å². The predicted octanol–water partition coefficient (Wildman–Crippen LogP) is 3.97. The van der Waals surface area contributed by atoms with Gasteiger partial charge in [-0.3, -0.25) is 4.79 Å². The standard InChI is InChI=1S/C20H30N2O.ClH/c1-20(2)14-22(13-12-18(20)21)19(23)17-10-8-16(9-11-17)15-6-4-3-5-7-15;/h3-7,16-18H,8-14,21H2,1-2H3;1H. The fraction of sp³-hybridized carbons (Fsp3) is 0.650. The van der Waals surface area contributed by atoms with Crippen LogP contribution in [0.5, 0.6) is 0 Å². The van der Waals surface area contributed by atoms with E-state index in [1.54, 1.807) is 0 Å². The van der Waals surface area contributed by atoms with Crippen molar-refractivity contribution in [3.05, 3.63) is 35.9 Å². The van der Waals surface area contributed by atoms with Gasteiger partial charge in [0, 0.05) is 25.0 Å². The summed E-state index contributed by atoms with van der Waals surface area (Å²) in [5.41, 5.74) is 7.67. The van der Waals surface area contributed by atoms with Crippen LogP contribution in [-0.4, -0.2) is 29.9 Å². The van der Waals surface area contributed by atoms with Crippen molar-refractivity contribution in [2.24, 2.45) is 17.1 Å². The first-order chi connectivity index (χ1) is 11.0. The van der Waals surface area contributed by atoms with Gasteiger partial charge in [-0.2, -0.15) is 0 Å². The highest BCUT2D eigenvalue weighted by molar-refractivity contribution is 5.85. The van der Waals surface area contributed by atoms with Crippen molar-refractivity contribution in [1.29, 1.82) is 0 Å². The number of benzene rings is 1. The van der Waals surface area contributed by atoms with Gasteiger partial charge in [-0.05, 0) is 49.0 Å². The van der Waals surface area contributed by atoms with Crippen molar-refractivity contribution in [3.8, 4) is 0 Å². The van der Waals surface area contributed by atoms with E-state index in [0.717, 1.165) is 45.2 Å². The van der Waals surface area contributed by atoms with E-state index in [0.29, 0.717) is 11.8 Å². The van der Waals surface area contributed by atoms with Crippen LogP contribution < -0.4 is 5.73 Å². The van der Waals surface area contributed by atoms with Crippen LogP contribution in [0, 0.1) is 11.3 Å². The lowest BCUT2D eigenvalue weighted by Gasteiger charge is -2.44. The number of piperidine rings is 1. The molecule has 1 unspecified atom stereocenters. The van der Waals surface area contributed by atoms with E-state index in [-0.39, 0.29) is 29.8 Å². The zero-order valence-corrected chi connectivity index (χ0v) is 15.7. The van der Waals surface area contributed by atoms with Crippen molar-refractivity contribution < 1.29 is 4.79 Å². The summed E-state index contributed by atoms with van der Waals surface area (Å²) >= 11 is 0. The Morgan fingerprint density at radius 1 is 1.08 bits per heavy atom. The van der Waals surface area contributed by atoms with Gasteiger partial charge in [0.25, 0.3) is 0 Å². The lowest BCUT2D eigenvalue weighted by Crippen LogP contribution is -2.55. The molecule has 2 fully saturated rings. The second kappa shape index (κ2) is 7.88. The van der Waals surface area contributed by atoms with E-state index in [4.69, 9.17) is 5.73 Å². The molecule has 0 bridgehead atoms. The van der Waals surface area contributed by atoms with Crippen molar-refractivity contribution in [2.75, 3.05) is 13.1 Å². The topological polar surface area (TPSA) is 46.3 Å². The minimum atomic E-state index is 0. The van der Waals surface area contributed by atoms with Crippen LogP contribution in [-0.2, 0) is 4.79 Å². The maximum Gasteiger partial charge on any atom is 0.225 e. The molecular formula is C20H31ClN2O. The Labute approximate surface area is 152 Å². The molecule has 2 aliphatic rings. The average Bonchev–Trinajstić information content (AvgIpc) is 2.57. The lowest BCUT2D eigenvalue weighted by molar-refractivity contribution is -0.140. The van der Waals surface area contributed by atoms with Crippen LogP contribution in [0.4, 0.5) is 0 Å². The van der Waals surface area contributed by atoms with E-state index in [9.17, 15) is 4.79 Å². The molecule has 2 N–H and O–H groups in total. The SMILES string of the molecule is CC1(C)CN(C(=O)C2CCC(c3ccccc3)CC2)CCC1N.Cl. The van der Waals surface area contributed by atoms with Crippen LogP contribution in [0.1, 0.15) is 57.4 Å². The minimum absolute atomic E-state index is 0. The van der Waals surface area contributed by atoms with Crippen LogP contribution in [0.2, 0.25) is 0 Å². The van der Waals surface area contributed by atoms with E-state index in [2.05, 4.69) is 49.1 Å². The van der Waals surface area contributed by atoms with Gasteiger partial charge in [-0.1, -0.05) is 44.2 Å². The molecular weight excluding hydrogens is 320 g/mol. The molecule has 1 aromatic carbocycles. The molecule has 0 radical (unpaired) electrons. The third kappa shape index (κ3) is 4.12. The molecule has 0 spiro atoms. The maximum absolute atomic E-state index is 12.9. The molecule has 134 valence electrons. The zero-order chi connectivity index (χ0) is 16.4. The molecule has 1 heterocycles. The first-order valence-electron chi connectivity index (χ1n) is 9.07. The lowest BCUT2D eigenvalue weighted by atomic mass is 9.76. The second-order valence-electron chi connectivity index (χ2n) is 8.10. The third-order valence-corrected chi connectivity index (χ3v) is 5.97. The summed E-state index contributed by atoms with van der Waals surface area (Å²) in [4.78, 5) is 15.0. The van der Waals surface area contributed by atoms with E-state index in [1.807, 2.05) is 0 Å². The van der Waals surface area contributed by atoms with Gasteiger partial charge in [-0.25, -0.2) is 0 Å². The summed E-state index contributed by atoms with van der Waals surface area (Å²) < 4.78 is 0. The highest BCUT2D eigenvalue weighted by Crippen LogP contribution is 2.37. The number of hydrogen-bond acceptors (Lipinski definition) is 2. The van der Waals surface area contributed by atoms with Gasteiger partial charge in [0.2, 0.25) is 5.91 Å². The van der Waals surface area contributed by atoms with E-state index >= 15 is 0 Å². The highest BCUT2D eigenvalue weighted by Gasteiger charge is 2.38. The van der Waals surface area contributed by atoms with Gasteiger partial charge in [0.15, 0.2) is 0 Å². The Bertz CT molecular complexity index is 538. The number of carbonyl (C=O) groups is 1. The number of halogens is 1. The number of carbonyl (C=O) groups excluding carboxylic acids is 1. The molecule has 24 heavy (non-hydrogen) atoms. The first kappa shape index (κ1) is 19.3. The second-order valence-corrected chi connectivity index (χ2v) is 8.10. The molecule has 3 nitrogen and oxygen atoms in total. The molecule has 3 rings (SSSR count). The van der Waals surface area contributed by atoms with Gasteiger partial charge < -0.3 is 10.6 Å². The fourth-order valence-electron chi connectivity index (χ4n) is 4.22. The summed E-state index contributed by atoms with van der Waals surface area (Å²) in [6.45, 7) is 6.01. The number of nitrogens with two attached hydrogens (primary N) is 1. The molecule has 1 amide bonds. The number of likely N-dealkylation sites (tertiary alicyclic amines) is 1. The Balaban J connectivity index is 0.00000208. The smallest absolute Gasteiger partial charge is 0.225 e. The summed E-state index contributed by atoms with van der Waals surface area (Å²) in [6.07, 6.45) is 5.26. The predicted molar refractivity (Wildman–Crippen MR) is 101 cm³/mol. The molecule has 0 aromatic heterocycles. The van der Waals surface area contributed by atoms with Crippen molar-refractivity contribution in [1.82, 2.24) is 4.90 Å². The molecule has 1 aromatic rings. The summed E-state index contributed by atoms with van der Waals surface area (Å²) in [7, 11) is 0. The molecule has 1 saturated heterocycles. The molecule has 1 atom stereocenters. The normalized spacial score (nSPS) is 29.6. The minimum Gasteiger partial charge on any atom is -0.342 e. The fourth-order valence-corrected chi connectivity index (χ4v) is 4.22. The van der Waals surface area contributed by atoms with Crippen molar-refractivity contribution in [3.63, 3.8) is 0 Å². The van der Waals surface area contributed by atoms with E-state index < -0.39 is 0 Å². The summed E-state index contributed by atoms with van der Waals surface area (Å²) in [5, 5.41) is 0. The largest absolute Gasteiger partial charge is 0.342 e. The Hall–Kier alpha value is -1.06. The number of rotatable bonds is 2. The maximum atomic E-state index is 12.9. The van der Waals surface area contributed by atoms with E-state index in [1.165, 1.54) is 5.56 Å². The quantitative estimate of drug-likeness (QED) is 0.877. The van der Waals surface area contributed by atoms with Crippen LogP contribution in [0.3, 0.4) is 0 Å². The molecule has 1 aliphatic carbocycles.